The van der Waals surface area contributed by atoms with Crippen LogP contribution in [0.25, 0.3) is 0 Å². The Kier molecular flexibility index (Phi) is 4.92. The van der Waals surface area contributed by atoms with Gasteiger partial charge in [0, 0.05) is 6.61 Å². The van der Waals surface area contributed by atoms with Crippen molar-refractivity contribution in [3.05, 3.63) is 23.8 Å². The fraction of sp³-hybridized carbons (Fsp3) is 0.647. The van der Waals surface area contributed by atoms with Crippen LogP contribution in [-0.4, -0.2) is 24.9 Å². The van der Waals surface area contributed by atoms with Crippen molar-refractivity contribution in [2.24, 2.45) is 5.92 Å². The molecule has 0 amide bonds. The monoisotopic (exact) mass is 278 g/mol. The van der Waals surface area contributed by atoms with Crippen molar-refractivity contribution in [3.8, 4) is 11.5 Å². The molecule has 0 heterocycles. The van der Waals surface area contributed by atoms with Gasteiger partial charge in [-0.15, -0.1) is 0 Å². The molecule has 3 heteroatoms. The van der Waals surface area contributed by atoms with Crippen LogP contribution in [0.4, 0.5) is 0 Å². The van der Waals surface area contributed by atoms with Crippen LogP contribution in [0.1, 0.15) is 45.6 Å². The number of ether oxygens (including phenoxy) is 2. The maximum atomic E-state index is 9.33. The highest BCUT2D eigenvalue weighted by molar-refractivity contribution is 5.47. The number of benzene rings is 1. The lowest BCUT2D eigenvalue weighted by Gasteiger charge is -2.17. The molecule has 1 aliphatic rings. The van der Waals surface area contributed by atoms with Gasteiger partial charge in [0.05, 0.1) is 13.2 Å². The summed E-state index contributed by atoms with van der Waals surface area (Å²) in [4.78, 5) is 0. The quantitative estimate of drug-likeness (QED) is 0.790. The van der Waals surface area contributed by atoms with Gasteiger partial charge in [-0.25, -0.2) is 0 Å². The molecule has 0 spiro atoms. The van der Waals surface area contributed by atoms with Crippen molar-refractivity contribution in [1.82, 2.24) is 0 Å². The van der Waals surface area contributed by atoms with E-state index < -0.39 is 0 Å². The predicted octanol–water partition coefficient (Wildman–Crippen LogP) is 3.53. The Hall–Kier alpha value is -1.22. The minimum Gasteiger partial charge on any atom is -0.490 e. The first-order valence-electron chi connectivity index (χ1n) is 7.66. The number of hydrogen-bond donors (Lipinski definition) is 1. The van der Waals surface area contributed by atoms with E-state index in [4.69, 9.17) is 9.47 Å². The van der Waals surface area contributed by atoms with Crippen LogP contribution in [0.15, 0.2) is 18.2 Å². The molecule has 2 rings (SSSR count). The van der Waals surface area contributed by atoms with Crippen molar-refractivity contribution >= 4 is 0 Å². The molecule has 1 saturated carbocycles. The van der Waals surface area contributed by atoms with Crippen LogP contribution in [0, 0.1) is 5.92 Å². The van der Waals surface area contributed by atoms with Gasteiger partial charge >= 0.3 is 0 Å². The Balaban J connectivity index is 2.19. The summed E-state index contributed by atoms with van der Waals surface area (Å²) in [5.41, 5.74) is 1.34. The molecular weight excluding hydrogens is 252 g/mol. The Labute approximate surface area is 121 Å². The molecule has 1 aromatic carbocycles. The zero-order valence-electron chi connectivity index (χ0n) is 12.8. The first kappa shape index (κ1) is 15.2. The van der Waals surface area contributed by atoms with E-state index in [1.165, 1.54) is 5.56 Å². The maximum absolute atomic E-state index is 9.33. The van der Waals surface area contributed by atoms with Gasteiger partial charge in [-0.1, -0.05) is 26.8 Å². The lowest BCUT2D eigenvalue weighted by atomic mass is 9.95. The van der Waals surface area contributed by atoms with Gasteiger partial charge in [-0.05, 0) is 48.3 Å². The molecule has 1 aliphatic carbocycles. The fourth-order valence-electron chi connectivity index (χ4n) is 2.59. The van der Waals surface area contributed by atoms with Crippen molar-refractivity contribution in [1.29, 1.82) is 0 Å². The molecule has 20 heavy (non-hydrogen) atoms. The standard InChI is InChI=1S/C17H26O3/c1-4-8-19-15-7-6-13(10-16(15)20-9-5-2)17(3)11-14(17)12-18/h6-7,10,14,18H,4-5,8-9,11-12H2,1-3H3. The molecule has 0 bridgehead atoms. The average Bonchev–Trinajstić information content (AvgIpc) is 3.15. The third kappa shape index (κ3) is 3.09. The van der Waals surface area contributed by atoms with Gasteiger partial charge < -0.3 is 14.6 Å². The van der Waals surface area contributed by atoms with Gasteiger partial charge in [0.2, 0.25) is 0 Å². The number of rotatable bonds is 8. The number of aliphatic hydroxyl groups excluding tert-OH is 1. The summed E-state index contributed by atoms with van der Waals surface area (Å²) in [6.45, 7) is 8.07. The predicted molar refractivity (Wildman–Crippen MR) is 80.6 cm³/mol. The fourth-order valence-corrected chi connectivity index (χ4v) is 2.59. The summed E-state index contributed by atoms with van der Waals surface area (Å²) >= 11 is 0. The van der Waals surface area contributed by atoms with Gasteiger partial charge in [0.15, 0.2) is 11.5 Å². The largest absolute Gasteiger partial charge is 0.490 e. The third-order valence-electron chi connectivity index (χ3n) is 4.16. The Morgan fingerprint density at radius 1 is 1.15 bits per heavy atom. The number of hydrogen-bond acceptors (Lipinski definition) is 3. The highest BCUT2D eigenvalue weighted by Gasteiger charge is 2.50. The molecule has 1 fully saturated rings. The molecule has 2 atom stereocenters. The second kappa shape index (κ2) is 6.49. The van der Waals surface area contributed by atoms with Gasteiger partial charge in [-0.3, -0.25) is 0 Å². The van der Waals surface area contributed by atoms with Crippen LogP contribution < -0.4 is 9.47 Å². The van der Waals surface area contributed by atoms with Gasteiger partial charge in [0.25, 0.3) is 0 Å². The van der Waals surface area contributed by atoms with E-state index in [1.54, 1.807) is 0 Å². The van der Waals surface area contributed by atoms with Crippen molar-refractivity contribution in [2.75, 3.05) is 19.8 Å². The lowest BCUT2D eigenvalue weighted by molar-refractivity contribution is 0.263. The molecule has 0 saturated heterocycles. The van der Waals surface area contributed by atoms with Crippen LogP contribution in [-0.2, 0) is 5.41 Å². The maximum Gasteiger partial charge on any atom is 0.161 e. The molecule has 0 aliphatic heterocycles. The SMILES string of the molecule is CCCOc1ccc(C2(C)CC2CO)cc1OCCC. The lowest BCUT2D eigenvalue weighted by Crippen LogP contribution is -2.08. The summed E-state index contributed by atoms with van der Waals surface area (Å²) in [6.07, 6.45) is 3.01. The molecule has 112 valence electrons. The van der Waals surface area contributed by atoms with E-state index in [0.29, 0.717) is 19.1 Å². The van der Waals surface area contributed by atoms with Gasteiger partial charge in [0.1, 0.15) is 0 Å². The molecule has 1 aromatic rings. The third-order valence-corrected chi connectivity index (χ3v) is 4.16. The minimum atomic E-state index is 0.0996. The summed E-state index contributed by atoms with van der Waals surface area (Å²) in [7, 11) is 0. The molecular formula is C17H26O3. The summed E-state index contributed by atoms with van der Waals surface area (Å²) < 4.78 is 11.6. The Morgan fingerprint density at radius 3 is 2.35 bits per heavy atom. The van der Waals surface area contributed by atoms with E-state index in [1.807, 2.05) is 6.07 Å². The second-order valence-corrected chi connectivity index (χ2v) is 5.86. The van der Waals surface area contributed by atoms with E-state index in [0.717, 1.165) is 30.8 Å². The van der Waals surface area contributed by atoms with E-state index >= 15 is 0 Å². The van der Waals surface area contributed by atoms with E-state index in [2.05, 4.69) is 32.9 Å². The van der Waals surface area contributed by atoms with Crippen LogP contribution in [0.5, 0.6) is 11.5 Å². The molecule has 3 nitrogen and oxygen atoms in total. The summed E-state index contributed by atoms with van der Waals surface area (Å²) in [5, 5.41) is 9.33. The Morgan fingerprint density at radius 2 is 1.80 bits per heavy atom. The average molecular weight is 278 g/mol. The summed E-state index contributed by atoms with van der Waals surface area (Å²) in [6, 6.07) is 6.21. The van der Waals surface area contributed by atoms with Gasteiger partial charge in [-0.2, -0.15) is 0 Å². The van der Waals surface area contributed by atoms with Crippen LogP contribution in [0.2, 0.25) is 0 Å². The first-order valence-corrected chi connectivity index (χ1v) is 7.66. The summed E-state index contributed by atoms with van der Waals surface area (Å²) in [5.74, 6) is 2.04. The molecule has 2 unspecified atom stereocenters. The zero-order valence-corrected chi connectivity index (χ0v) is 12.8. The van der Waals surface area contributed by atoms with Crippen LogP contribution >= 0.6 is 0 Å². The minimum absolute atomic E-state index is 0.0996. The number of aliphatic hydroxyl groups is 1. The first-order chi connectivity index (χ1) is 9.65. The Bertz CT molecular complexity index is 444. The second-order valence-electron chi connectivity index (χ2n) is 5.86. The van der Waals surface area contributed by atoms with E-state index in [-0.39, 0.29) is 12.0 Å². The van der Waals surface area contributed by atoms with Crippen LogP contribution in [0.3, 0.4) is 0 Å². The smallest absolute Gasteiger partial charge is 0.161 e. The molecule has 0 radical (unpaired) electrons. The van der Waals surface area contributed by atoms with Crippen molar-refractivity contribution in [2.45, 2.75) is 45.4 Å². The molecule has 1 N–H and O–H groups in total. The van der Waals surface area contributed by atoms with Crippen molar-refractivity contribution < 1.29 is 14.6 Å². The zero-order chi connectivity index (χ0) is 14.6. The van der Waals surface area contributed by atoms with E-state index in [9.17, 15) is 5.11 Å². The highest BCUT2D eigenvalue weighted by Crippen LogP contribution is 2.54. The topological polar surface area (TPSA) is 38.7 Å². The molecule has 0 aromatic heterocycles. The van der Waals surface area contributed by atoms with Crippen molar-refractivity contribution in [3.63, 3.8) is 0 Å². The highest BCUT2D eigenvalue weighted by atomic mass is 16.5. The normalized spacial score (nSPS) is 24.5.